The molecular weight excluding hydrogens is 366 g/mol. The largest absolute Gasteiger partial charge is 0.497 e. The molecule has 6 nitrogen and oxygen atoms in total. The number of nitrogens with zero attached hydrogens (tertiary/aromatic N) is 2. The molecule has 3 aromatic rings. The van der Waals surface area contributed by atoms with E-state index in [0.717, 1.165) is 22.6 Å². The minimum absolute atomic E-state index is 0.148. The molecule has 0 atom stereocenters. The first-order valence-electron chi connectivity index (χ1n) is 9.29. The Morgan fingerprint density at radius 3 is 1.55 bits per heavy atom. The van der Waals surface area contributed by atoms with Crippen LogP contribution < -0.4 is 14.8 Å². The van der Waals surface area contributed by atoms with E-state index in [-0.39, 0.29) is 11.9 Å². The molecule has 0 aliphatic rings. The molecule has 0 aliphatic carbocycles. The highest BCUT2D eigenvalue weighted by Gasteiger charge is 2.22. The zero-order valence-electron chi connectivity index (χ0n) is 17.3. The second kappa shape index (κ2) is 8.31. The van der Waals surface area contributed by atoms with E-state index in [1.807, 2.05) is 75.4 Å². The number of hydrogen-bond donors (Lipinski definition) is 1. The van der Waals surface area contributed by atoms with E-state index in [9.17, 15) is 4.79 Å². The van der Waals surface area contributed by atoms with Crippen LogP contribution in [0.4, 0.5) is 5.95 Å². The summed E-state index contributed by atoms with van der Waals surface area (Å²) >= 11 is 0. The number of benzene rings is 2. The summed E-state index contributed by atoms with van der Waals surface area (Å²) in [5.41, 5.74) is 2.65. The normalized spacial score (nSPS) is 11.1. The Kier molecular flexibility index (Phi) is 5.82. The van der Waals surface area contributed by atoms with Crippen LogP contribution in [0, 0.1) is 5.41 Å². The van der Waals surface area contributed by atoms with Gasteiger partial charge in [-0.05, 0) is 54.6 Å². The van der Waals surface area contributed by atoms with Gasteiger partial charge >= 0.3 is 0 Å². The van der Waals surface area contributed by atoms with Gasteiger partial charge in [0.25, 0.3) is 0 Å². The maximum atomic E-state index is 12.5. The summed E-state index contributed by atoms with van der Waals surface area (Å²) in [4.78, 5) is 21.6. The van der Waals surface area contributed by atoms with Crippen molar-refractivity contribution >= 4 is 11.9 Å². The van der Waals surface area contributed by atoms with Gasteiger partial charge in [0.15, 0.2) is 0 Å². The average Bonchev–Trinajstić information content (AvgIpc) is 2.73. The number of amides is 1. The van der Waals surface area contributed by atoms with E-state index in [1.54, 1.807) is 14.2 Å². The first-order chi connectivity index (χ1) is 13.8. The molecule has 150 valence electrons. The molecule has 0 unspecified atom stereocenters. The molecule has 0 saturated heterocycles. The van der Waals surface area contributed by atoms with Gasteiger partial charge in [0.05, 0.1) is 25.6 Å². The van der Waals surface area contributed by atoms with Crippen LogP contribution in [0.5, 0.6) is 11.5 Å². The van der Waals surface area contributed by atoms with Gasteiger partial charge in [-0.2, -0.15) is 0 Å². The maximum absolute atomic E-state index is 12.5. The predicted molar refractivity (Wildman–Crippen MR) is 114 cm³/mol. The fourth-order valence-corrected chi connectivity index (χ4v) is 2.61. The highest BCUT2D eigenvalue weighted by Crippen LogP contribution is 2.28. The molecule has 1 heterocycles. The minimum Gasteiger partial charge on any atom is -0.497 e. The molecule has 1 amide bonds. The monoisotopic (exact) mass is 391 g/mol. The van der Waals surface area contributed by atoms with Crippen LogP contribution in [-0.4, -0.2) is 30.1 Å². The standard InChI is InChI=1S/C23H25N3O3/c1-23(2,3)21(27)26-22-24-19(15-6-10-17(28-4)11-7-15)14-20(25-22)16-8-12-18(29-5)13-9-16/h6-14H,1-5H3,(H,24,25,26,27). The fourth-order valence-electron chi connectivity index (χ4n) is 2.61. The lowest BCUT2D eigenvalue weighted by molar-refractivity contribution is -0.123. The molecular formula is C23H25N3O3. The molecule has 0 saturated carbocycles. The third kappa shape index (κ3) is 4.90. The smallest absolute Gasteiger partial charge is 0.232 e. The lowest BCUT2D eigenvalue weighted by Crippen LogP contribution is -2.28. The van der Waals surface area contributed by atoms with Gasteiger partial charge < -0.3 is 9.47 Å². The second-order valence-corrected chi connectivity index (χ2v) is 7.62. The summed E-state index contributed by atoms with van der Waals surface area (Å²) < 4.78 is 10.5. The Balaban J connectivity index is 2.06. The second-order valence-electron chi connectivity index (χ2n) is 7.62. The SMILES string of the molecule is COc1ccc(-c2cc(-c3ccc(OC)cc3)nc(NC(=O)C(C)(C)C)n2)cc1. The van der Waals surface area contributed by atoms with Gasteiger partial charge in [-0.25, -0.2) is 9.97 Å². The van der Waals surface area contributed by atoms with Crippen molar-refractivity contribution in [2.45, 2.75) is 20.8 Å². The molecule has 3 rings (SSSR count). The third-order valence-corrected chi connectivity index (χ3v) is 4.40. The number of ether oxygens (including phenoxy) is 2. The maximum Gasteiger partial charge on any atom is 0.232 e. The Morgan fingerprint density at radius 2 is 1.21 bits per heavy atom. The molecule has 0 spiro atoms. The summed E-state index contributed by atoms with van der Waals surface area (Å²) in [7, 11) is 3.25. The van der Waals surface area contributed by atoms with E-state index in [4.69, 9.17) is 9.47 Å². The topological polar surface area (TPSA) is 73.3 Å². The van der Waals surface area contributed by atoms with Gasteiger partial charge in [0.1, 0.15) is 11.5 Å². The first-order valence-corrected chi connectivity index (χ1v) is 9.29. The summed E-state index contributed by atoms with van der Waals surface area (Å²) in [5, 5.41) is 2.84. The lowest BCUT2D eigenvalue weighted by atomic mass is 9.96. The molecule has 29 heavy (non-hydrogen) atoms. The van der Waals surface area contributed by atoms with Crippen LogP contribution in [0.2, 0.25) is 0 Å². The van der Waals surface area contributed by atoms with Gasteiger partial charge in [-0.3, -0.25) is 10.1 Å². The van der Waals surface area contributed by atoms with E-state index in [1.165, 1.54) is 0 Å². The summed E-state index contributed by atoms with van der Waals surface area (Å²) in [6, 6.07) is 17.1. The molecule has 0 fully saturated rings. The van der Waals surface area contributed by atoms with Crippen LogP contribution in [0.1, 0.15) is 20.8 Å². The van der Waals surface area contributed by atoms with Crippen LogP contribution in [-0.2, 0) is 4.79 Å². The first kappa shape index (κ1) is 20.3. The molecule has 2 aromatic carbocycles. The number of anilines is 1. The highest BCUT2D eigenvalue weighted by molar-refractivity contribution is 5.93. The average molecular weight is 391 g/mol. The Morgan fingerprint density at radius 1 is 0.793 bits per heavy atom. The summed E-state index contributed by atoms with van der Waals surface area (Å²) in [6.45, 7) is 5.54. The molecule has 6 heteroatoms. The number of rotatable bonds is 5. The molecule has 1 N–H and O–H groups in total. The van der Waals surface area contributed by atoms with Crippen molar-refractivity contribution in [3.05, 3.63) is 54.6 Å². The molecule has 0 radical (unpaired) electrons. The third-order valence-electron chi connectivity index (χ3n) is 4.40. The van der Waals surface area contributed by atoms with E-state index < -0.39 is 5.41 Å². The number of carbonyl (C=O) groups excluding carboxylic acids is 1. The molecule has 1 aromatic heterocycles. The molecule has 0 aliphatic heterocycles. The van der Waals surface area contributed by atoms with Crippen molar-refractivity contribution < 1.29 is 14.3 Å². The van der Waals surface area contributed by atoms with Gasteiger partial charge in [-0.15, -0.1) is 0 Å². The summed E-state index contributed by atoms with van der Waals surface area (Å²) in [5.74, 6) is 1.65. The van der Waals surface area contributed by atoms with Crippen LogP contribution >= 0.6 is 0 Å². The van der Waals surface area contributed by atoms with Crippen LogP contribution in [0.3, 0.4) is 0 Å². The van der Waals surface area contributed by atoms with Crippen molar-refractivity contribution in [3.63, 3.8) is 0 Å². The summed E-state index contributed by atoms with van der Waals surface area (Å²) in [6.07, 6.45) is 0. The van der Waals surface area contributed by atoms with Crippen molar-refractivity contribution in [2.75, 3.05) is 19.5 Å². The van der Waals surface area contributed by atoms with Gasteiger partial charge in [0, 0.05) is 16.5 Å². The van der Waals surface area contributed by atoms with Crippen molar-refractivity contribution in [3.8, 4) is 34.0 Å². The lowest BCUT2D eigenvalue weighted by Gasteiger charge is -2.17. The number of hydrogen-bond acceptors (Lipinski definition) is 5. The number of methoxy groups -OCH3 is 2. The Bertz CT molecular complexity index is 926. The quantitative estimate of drug-likeness (QED) is 0.675. The molecule has 0 bridgehead atoms. The number of carbonyl (C=O) groups is 1. The van der Waals surface area contributed by atoms with Crippen molar-refractivity contribution in [1.29, 1.82) is 0 Å². The fraction of sp³-hybridized carbons (Fsp3) is 0.261. The predicted octanol–water partition coefficient (Wildman–Crippen LogP) is 4.81. The van der Waals surface area contributed by atoms with E-state index in [0.29, 0.717) is 11.4 Å². The highest BCUT2D eigenvalue weighted by atomic mass is 16.5. The number of nitrogens with one attached hydrogen (secondary N) is 1. The van der Waals surface area contributed by atoms with Gasteiger partial charge in [-0.1, -0.05) is 20.8 Å². The zero-order chi connectivity index (χ0) is 21.0. The van der Waals surface area contributed by atoms with Gasteiger partial charge in [0.2, 0.25) is 11.9 Å². The number of aromatic nitrogens is 2. The van der Waals surface area contributed by atoms with E-state index >= 15 is 0 Å². The zero-order valence-corrected chi connectivity index (χ0v) is 17.3. The van der Waals surface area contributed by atoms with Crippen molar-refractivity contribution in [1.82, 2.24) is 9.97 Å². The van der Waals surface area contributed by atoms with E-state index in [2.05, 4.69) is 15.3 Å². The Hall–Kier alpha value is -3.41. The minimum atomic E-state index is -0.556. The Labute approximate surface area is 170 Å². The van der Waals surface area contributed by atoms with Crippen molar-refractivity contribution in [2.24, 2.45) is 5.41 Å². The van der Waals surface area contributed by atoms with Crippen LogP contribution in [0.25, 0.3) is 22.5 Å². The van der Waals surface area contributed by atoms with Crippen LogP contribution in [0.15, 0.2) is 54.6 Å².